The van der Waals surface area contributed by atoms with E-state index >= 15 is 0 Å². The van der Waals surface area contributed by atoms with E-state index < -0.39 is 16.0 Å². The zero-order chi connectivity index (χ0) is 26.9. The SMILES string of the molecule is COc1ccccc1CS(=O)(=O)Nc1cc(Cn2c(C(=O)O)cc3ccc(CN)nc32)c2ccccc2c1. The van der Waals surface area contributed by atoms with Crippen LogP contribution in [0.25, 0.3) is 21.8 Å². The fourth-order valence-corrected chi connectivity index (χ4v) is 5.81. The average molecular weight is 531 g/mol. The molecule has 10 heteroatoms. The van der Waals surface area contributed by atoms with Gasteiger partial charge in [0, 0.05) is 23.2 Å². The lowest BCUT2D eigenvalue weighted by atomic mass is 10.0. The molecule has 0 saturated carbocycles. The molecule has 0 saturated heterocycles. The number of rotatable bonds is 9. The van der Waals surface area contributed by atoms with Gasteiger partial charge in [0.2, 0.25) is 10.0 Å². The Morgan fingerprint density at radius 1 is 1.00 bits per heavy atom. The number of ether oxygens (including phenoxy) is 1. The third-order valence-electron chi connectivity index (χ3n) is 6.32. The quantitative estimate of drug-likeness (QED) is 0.258. The molecule has 2 heterocycles. The van der Waals surface area contributed by atoms with E-state index in [2.05, 4.69) is 9.71 Å². The highest BCUT2D eigenvalue weighted by Crippen LogP contribution is 2.29. The van der Waals surface area contributed by atoms with Crippen LogP contribution in [0, 0.1) is 0 Å². The lowest BCUT2D eigenvalue weighted by molar-refractivity contribution is 0.0686. The van der Waals surface area contributed by atoms with Gasteiger partial charge in [-0.2, -0.15) is 0 Å². The smallest absolute Gasteiger partial charge is 0.352 e. The minimum atomic E-state index is -3.79. The molecule has 4 N–H and O–H groups in total. The molecule has 0 radical (unpaired) electrons. The van der Waals surface area contributed by atoms with Crippen molar-refractivity contribution in [1.82, 2.24) is 9.55 Å². The first-order chi connectivity index (χ1) is 18.3. The third-order valence-corrected chi connectivity index (χ3v) is 7.56. The maximum Gasteiger partial charge on any atom is 0.352 e. The van der Waals surface area contributed by atoms with Gasteiger partial charge in [-0.1, -0.05) is 42.5 Å². The molecule has 5 aromatic rings. The van der Waals surface area contributed by atoms with E-state index in [1.54, 1.807) is 59.2 Å². The lowest BCUT2D eigenvalue weighted by Crippen LogP contribution is -2.16. The first-order valence-corrected chi connectivity index (χ1v) is 13.5. The summed E-state index contributed by atoms with van der Waals surface area (Å²) in [4.78, 5) is 16.7. The summed E-state index contributed by atoms with van der Waals surface area (Å²) in [6, 6.07) is 23.1. The lowest BCUT2D eigenvalue weighted by Gasteiger charge is -2.15. The number of carbonyl (C=O) groups is 1. The number of anilines is 1. The second-order valence-corrected chi connectivity index (χ2v) is 10.6. The van der Waals surface area contributed by atoms with Gasteiger partial charge in [-0.25, -0.2) is 18.2 Å². The van der Waals surface area contributed by atoms with Crippen LogP contribution in [0.1, 0.15) is 27.3 Å². The van der Waals surface area contributed by atoms with E-state index in [0.29, 0.717) is 33.7 Å². The fourth-order valence-electron chi connectivity index (χ4n) is 4.61. The molecule has 0 aliphatic rings. The monoisotopic (exact) mass is 530 g/mol. The minimum Gasteiger partial charge on any atom is -0.496 e. The number of sulfonamides is 1. The maximum atomic E-state index is 13.1. The Kier molecular flexibility index (Phi) is 6.75. The van der Waals surface area contributed by atoms with Gasteiger partial charge in [0.05, 0.1) is 25.1 Å². The molecular weight excluding hydrogens is 504 g/mol. The second kappa shape index (κ2) is 10.2. The maximum absolute atomic E-state index is 13.1. The van der Waals surface area contributed by atoms with Gasteiger partial charge in [-0.3, -0.25) is 4.72 Å². The zero-order valence-corrected chi connectivity index (χ0v) is 21.4. The first-order valence-electron chi connectivity index (χ1n) is 11.8. The molecule has 3 aromatic carbocycles. The van der Waals surface area contributed by atoms with Crippen LogP contribution in [-0.4, -0.2) is 36.2 Å². The number of aromatic nitrogens is 2. The topological polar surface area (TPSA) is 137 Å². The number of methoxy groups -OCH3 is 1. The molecule has 38 heavy (non-hydrogen) atoms. The Balaban J connectivity index is 1.57. The normalized spacial score (nSPS) is 11.6. The van der Waals surface area contributed by atoms with Crippen LogP contribution in [0.3, 0.4) is 0 Å². The number of para-hydroxylation sites is 1. The molecule has 0 bridgehead atoms. The molecule has 5 rings (SSSR count). The van der Waals surface area contributed by atoms with Crippen molar-refractivity contribution in [2.75, 3.05) is 11.8 Å². The number of nitrogens with zero attached hydrogens (tertiary/aromatic N) is 2. The van der Waals surface area contributed by atoms with Crippen molar-refractivity contribution in [3.63, 3.8) is 0 Å². The van der Waals surface area contributed by atoms with E-state index in [0.717, 1.165) is 16.3 Å². The van der Waals surface area contributed by atoms with E-state index in [1.807, 2.05) is 24.3 Å². The van der Waals surface area contributed by atoms with E-state index in [-0.39, 0.29) is 24.5 Å². The number of hydrogen-bond donors (Lipinski definition) is 3. The molecule has 194 valence electrons. The van der Waals surface area contributed by atoms with Crippen molar-refractivity contribution < 1.29 is 23.1 Å². The number of aromatic carboxylic acids is 1. The molecule has 0 amide bonds. The highest BCUT2D eigenvalue weighted by Gasteiger charge is 2.19. The van der Waals surface area contributed by atoms with Crippen LogP contribution in [0.5, 0.6) is 5.75 Å². The number of pyridine rings is 1. The van der Waals surface area contributed by atoms with Crippen molar-refractivity contribution in [1.29, 1.82) is 0 Å². The average Bonchev–Trinajstić information content (AvgIpc) is 3.26. The van der Waals surface area contributed by atoms with Gasteiger partial charge in [0.1, 0.15) is 17.1 Å². The summed E-state index contributed by atoms with van der Waals surface area (Å²) in [7, 11) is -2.29. The molecule has 0 aliphatic carbocycles. The Bertz CT molecular complexity index is 1780. The minimum absolute atomic E-state index is 0.0768. The molecular formula is C28H26N4O5S. The fraction of sp³-hybridized carbons (Fsp3) is 0.143. The van der Waals surface area contributed by atoms with Crippen LogP contribution in [0.15, 0.2) is 78.9 Å². The highest BCUT2D eigenvalue weighted by molar-refractivity contribution is 7.91. The molecule has 0 atom stereocenters. The molecule has 0 spiro atoms. The summed E-state index contributed by atoms with van der Waals surface area (Å²) in [6.07, 6.45) is 0. The summed E-state index contributed by atoms with van der Waals surface area (Å²) in [6.45, 7) is 0.380. The standard InChI is InChI=1S/C28H26N4O5S/c1-37-26-9-5-3-7-20(26)17-38(35,36)31-23-12-18-6-2-4-8-24(18)21(13-23)16-32-25(28(33)34)14-19-10-11-22(15-29)30-27(19)32/h2-14,31H,15-17,29H2,1H3,(H,33,34). The Labute approximate surface area is 219 Å². The Morgan fingerprint density at radius 2 is 1.76 bits per heavy atom. The third kappa shape index (κ3) is 5.04. The van der Waals surface area contributed by atoms with Gasteiger partial charge >= 0.3 is 5.97 Å². The largest absolute Gasteiger partial charge is 0.496 e. The molecule has 9 nitrogen and oxygen atoms in total. The molecule has 0 unspecified atom stereocenters. The van der Waals surface area contributed by atoms with Crippen LogP contribution < -0.4 is 15.2 Å². The van der Waals surface area contributed by atoms with Crippen LogP contribution in [0.4, 0.5) is 5.69 Å². The summed E-state index contributed by atoms with van der Waals surface area (Å²) in [5, 5.41) is 12.3. The molecule has 2 aromatic heterocycles. The number of carboxylic acids is 1. The van der Waals surface area contributed by atoms with Crippen LogP contribution in [0.2, 0.25) is 0 Å². The summed E-state index contributed by atoms with van der Waals surface area (Å²) in [5.41, 5.74) is 8.63. The summed E-state index contributed by atoms with van der Waals surface area (Å²) in [5.74, 6) is -0.867. The summed E-state index contributed by atoms with van der Waals surface area (Å²) < 4.78 is 35.8. The van der Waals surface area contributed by atoms with E-state index in [9.17, 15) is 18.3 Å². The van der Waals surface area contributed by atoms with Gasteiger partial charge in [0.25, 0.3) is 0 Å². The number of carboxylic acid groups (broad SMARTS) is 1. The predicted octanol–water partition coefficient (Wildman–Crippen LogP) is 4.35. The van der Waals surface area contributed by atoms with Crippen molar-refractivity contribution in [3.05, 3.63) is 101 Å². The number of nitrogens with one attached hydrogen (secondary N) is 1. The van der Waals surface area contributed by atoms with Crippen LogP contribution in [-0.2, 0) is 28.9 Å². The number of hydrogen-bond acceptors (Lipinski definition) is 6. The Morgan fingerprint density at radius 3 is 2.53 bits per heavy atom. The van der Waals surface area contributed by atoms with Gasteiger partial charge in [0.15, 0.2) is 0 Å². The van der Waals surface area contributed by atoms with Crippen LogP contribution >= 0.6 is 0 Å². The van der Waals surface area contributed by atoms with E-state index in [1.165, 1.54) is 7.11 Å². The van der Waals surface area contributed by atoms with E-state index in [4.69, 9.17) is 10.5 Å². The predicted molar refractivity (Wildman–Crippen MR) is 147 cm³/mol. The number of nitrogens with two attached hydrogens (primary N) is 1. The molecule has 0 fully saturated rings. The van der Waals surface area contributed by atoms with Crippen molar-refractivity contribution >= 4 is 43.5 Å². The second-order valence-electron chi connectivity index (χ2n) is 8.87. The number of benzene rings is 3. The number of fused-ring (bicyclic) bond motifs is 2. The van der Waals surface area contributed by atoms with Crippen molar-refractivity contribution in [2.24, 2.45) is 5.73 Å². The highest BCUT2D eigenvalue weighted by atomic mass is 32.2. The van der Waals surface area contributed by atoms with Gasteiger partial charge in [-0.05, 0) is 52.7 Å². The zero-order valence-electron chi connectivity index (χ0n) is 20.6. The van der Waals surface area contributed by atoms with Crippen molar-refractivity contribution in [2.45, 2.75) is 18.8 Å². The Hall–Kier alpha value is -4.41. The summed E-state index contributed by atoms with van der Waals surface area (Å²) >= 11 is 0. The molecule has 0 aliphatic heterocycles. The van der Waals surface area contributed by atoms with Gasteiger partial charge in [-0.15, -0.1) is 0 Å². The first kappa shape index (κ1) is 25.2. The van der Waals surface area contributed by atoms with Crippen molar-refractivity contribution in [3.8, 4) is 5.75 Å². The van der Waals surface area contributed by atoms with Gasteiger partial charge < -0.3 is 20.1 Å².